The van der Waals surface area contributed by atoms with E-state index in [9.17, 15) is 0 Å². The minimum absolute atomic E-state index is 0.354. The molecule has 2 N–H and O–H groups in total. The molecule has 0 aliphatic carbocycles. The molecule has 2 heteroatoms. The third-order valence-electron chi connectivity index (χ3n) is 2.99. The minimum atomic E-state index is 0.354. The molecule has 0 amide bonds. The van der Waals surface area contributed by atoms with Crippen LogP contribution in [0.25, 0.3) is 0 Å². The van der Waals surface area contributed by atoms with Gasteiger partial charge in [0.25, 0.3) is 0 Å². The highest BCUT2D eigenvalue weighted by molar-refractivity contribution is 4.79. The number of hydrogen-bond donors (Lipinski definition) is 1. The zero-order valence-electron chi connectivity index (χ0n) is 10.00. The van der Waals surface area contributed by atoms with Crippen molar-refractivity contribution >= 4 is 0 Å². The van der Waals surface area contributed by atoms with E-state index in [0.717, 1.165) is 12.0 Å². The molecule has 1 aliphatic rings. The standard InChI is InChI=1S/C12H26N2/c1-10(2)9-14-7-5-4-6-12(14)8-11(3)13/h10-12H,4-9,13H2,1-3H3. The molecule has 1 fully saturated rings. The lowest BCUT2D eigenvalue weighted by molar-refractivity contribution is 0.121. The van der Waals surface area contributed by atoms with Crippen LogP contribution in [0.4, 0.5) is 0 Å². The van der Waals surface area contributed by atoms with Gasteiger partial charge in [0.05, 0.1) is 0 Å². The fraction of sp³-hybridized carbons (Fsp3) is 1.00. The van der Waals surface area contributed by atoms with Gasteiger partial charge in [0.1, 0.15) is 0 Å². The van der Waals surface area contributed by atoms with Crippen LogP contribution < -0.4 is 5.73 Å². The molecule has 84 valence electrons. The van der Waals surface area contributed by atoms with Crippen LogP contribution in [0.15, 0.2) is 0 Å². The summed E-state index contributed by atoms with van der Waals surface area (Å²) in [6, 6.07) is 1.11. The quantitative estimate of drug-likeness (QED) is 0.750. The Bertz CT molecular complexity index is 136. The Morgan fingerprint density at radius 2 is 2.00 bits per heavy atom. The van der Waals surface area contributed by atoms with Gasteiger partial charge in [-0.25, -0.2) is 0 Å². The second-order valence-electron chi connectivity index (χ2n) is 5.25. The van der Waals surface area contributed by atoms with Crippen LogP contribution in [0.2, 0.25) is 0 Å². The molecule has 0 radical (unpaired) electrons. The van der Waals surface area contributed by atoms with Crippen LogP contribution in [0, 0.1) is 5.92 Å². The third kappa shape index (κ3) is 3.97. The average molecular weight is 198 g/mol. The van der Waals surface area contributed by atoms with E-state index >= 15 is 0 Å². The lowest BCUT2D eigenvalue weighted by Crippen LogP contribution is -2.44. The van der Waals surface area contributed by atoms with Gasteiger partial charge in [0.2, 0.25) is 0 Å². The van der Waals surface area contributed by atoms with Crippen LogP contribution in [-0.4, -0.2) is 30.1 Å². The smallest absolute Gasteiger partial charge is 0.0110 e. The summed E-state index contributed by atoms with van der Waals surface area (Å²) in [4.78, 5) is 2.65. The topological polar surface area (TPSA) is 29.3 Å². The van der Waals surface area contributed by atoms with Crippen molar-refractivity contribution in [1.29, 1.82) is 0 Å². The minimum Gasteiger partial charge on any atom is -0.328 e. The largest absolute Gasteiger partial charge is 0.328 e. The van der Waals surface area contributed by atoms with Gasteiger partial charge in [0.15, 0.2) is 0 Å². The maximum Gasteiger partial charge on any atom is 0.0110 e. The Morgan fingerprint density at radius 3 is 2.57 bits per heavy atom. The molecule has 14 heavy (non-hydrogen) atoms. The van der Waals surface area contributed by atoms with Gasteiger partial charge in [-0.3, -0.25) is 0 Å². The molecule has 0 aromatic rings. The predicted octanol–water partition coefficient (Wildman–Crippen LogP) is 2.23. The van der Waals surface area contributed by atoms with E-state index in [4.69, 9.17) is 5.73 Å². The molecule has 2 nitrogen and oxygen atoms in total. The van der Waals surface area contributed by atoms with Crippen LogP contribution in [0.1, 0.15) is 46.5 Å². The molecule has 2 atom stereocenters. The highest BCUT2D eigenvalue weighted by Crippen LogP contribution is 2.21. The van der Waals surface area contributed by atoms with E-state index in [2.05, 4.69) is 25.7 Å². The normalized spacial score (nSPS) is 26.8. The van der Waals surface area contributed by atoms with Gasteiger partial charge in [-0.15, -0.1) is 0 Å². The van der Waals surface area contributed by atoms with E-state index in [0.29, 0.717) is 6.04 Å². The Morgan fingerprint density at radius 1 is 1.29 bits per heavy atom. The first-order valence-electron chi connectivity index (χ1n) is 6.09. The van der Waals surface area contributed by atoms with Gasteiger partial charge in [0, 0.05) is 18.6 Å². The lowest BCUT2D eigenvalue weighted by atomic mass is 9.95. The van der Waals surface area contributed by atoms with E-state index in [1.807, 2.05) is 0 Å². The number of nitrogens with two attached hydrogens (primary N) is 1. The Hall–Kier alpha value is -0.0800. The molecule has 0 aromatic heterocycles. The Balaban J connectivity index is 2.41. The number of likely N-dealkylation sites (tertiary alicyclic amines) is 1. The molecule has 1 rings (SSSR count). The van der Waals surface area contributed by atoms with Crippen molar-refractivity contribution in [1.82, 2.24) is 4.90 Å². The van der Waals surface area contributed by atoms with Gasteiger partial charge in [-0.2, -0.15) is 0 Å². The first-order valence-corrected chi connectivity index (χ1v) is 6.09. The summed E-state index contributed by atoms with van der Waals surface area (Å²) in [5, 5.41) is 0. The van der Waals surface area contributed by atoms with Crippen molar-refractivity contribution < 1.29 is 0 Å². The maximum absolute atomic E-state index is 5.89. The highest BCUT2D eigenvalue weighted by atomic mass is 15.2. The first-order chi connectivity index (χ1) is 6.59. The number of rotatable bonds is 4. The van der Waals surface area contributed by atoms with Gasteiger partial charge in [-0.1, -0.05) is 20.3 Å². The van der Waals surface area contributed by atoms with Crippen LogP contribution in [0.5, 0.6) is 0 Å². The van der Waals surface area contributed by atoms with Gasteiger partial charge >= 0.3 is 0 Å². The molecule has 0 aromatic carbocycles. The van der Waals surface area contributed by atoms with Crippen molar-refractivity contribution in [2.45, 2.75) is 58.5 Å². The molecule has 1 heterocycles. The van der Waals surface area contributed by atoms with Crippen LogP contribution in [0.3, 0.4) is 0 Å². The molecule has 0 spiro atoms. The van der Waals surface area contributed by atoms with Crippen molar-refractivity contribution in [3.63, 3.8) is 0 Å². The van der Waals surface area contributed by atoms with Crippen molar-refractivity contribution in [3.05, 3.63) is 0 Å². The molecule has 0 saturated carbocycles. The van der Waals surface area contributed by atoms with Crippen molar-refractivity contribution in [2.24, 2.45) is 11.7 Å². The fourth-order valence-electron chi connectivity index (χ4n) is 2.47. The molecule has 0 bridgehead atoms. The highest BCUT2D eigenvalue weighted by Gasteiger charge is 2.23. The van der Waals surface area contributed by atoms with E-state index in [1.165, 1.54) is 38.8 Å². The lowest BCUT2D eigenvalue weighted by Gasteiger charge is -2.37. The van der Waals surface area contributed by atoms with Crippen LogP contribution in [-0.2, 0) is 0 Å². The van der Waals surface area contributed by atoms with Crippen molar-refractivity contribution in [2.75, 3.05) is 13.1 Å². The fourth-order valence-corrected chi connectivity index (χ4v) is 2.47. The van der Waals surface area contributed by atoms with Gasteiger partial charge < -0.3 is 10.6 Å². The van der Waals surface area contributed by atoms with E-state index in [1.54, 1.807) is 0 Å². The summed E-state index contributed by atoms with van der Waals surface area (Å²) in [5.74, 6) is 0.781. The molecule has 1 saturated heterocycles. The van der Waals surface area contributed by atoms with Gasteiger partial charge in [-0.05, 0) is 38.6 Å². The zero-order chi connectivity index (χ0) is 10.6. The number of piperidine rings is 1. The predicted molar refractivity (Wildman–Crippen MR) is 62.3 cm³/mol. The third-order valence-corrected chi connectivity index (χ3v) is 2.99. The second-order valence-corrected chi connectivity index (χ2v) is 5.25. The average Bonchev–Trinajstić information content (AvgIpc) is 2.06. The zero-order valence-corrected chi connectivity index (χ0v) is 10.00. The number of hydrogen-bond acceptors (Lipinski definition) is 2. The SMILES string of the molecule is CC(C)CN1CCCCC1CC(C)N. The summed E-state index contributed by atoms with van der Waals surface area (Å²) in [6.45, 7) is 9.27. The second kappa shape index (κ2) is 5.72. The number of nitrogens with zero attached hydrogens (tertiary/aromatic N) is 1. The Kier molecular flexibility index (Phi) is 4.90. The summed E-state index contributed by atoms with van der Waals surface area (Å²) in [7, 11) is 0. The summed E-state index contributed by atoms with van der Waals surface area (Å²) >= 11 is 0. The summed E-state index contributed by atoms with van der Waals surface area (Å²) in [5.41, 5.74) is 5.89. The summed E-state index contributed by atoms with van der Waals surface area (Å²) < 4.78 is 0. The molecule has 1 aliphatic heterocycles. The van der Waals surface area contributed by atoms with E-state index in [-0.39, 0.29) is 0 Å². The molecular formula is C12H26N2. The molecule has 2 unspecified atom stereocenters. The Labute approximate surface area is 88.8 Å². The maximum atomic E-state index is 5.89. The molecular weight excluding hydrogens is 172 g/mol. The summed E-state index contributed by atoms with van der Waals surface area (Å²) in [6.07, 6.45) is 5.30. The monoisotopic (exact) mass is 198 g/mol. The van der Waals surface area contributed by atoms with Crippen molar-refractivity contribution in [3.8, 4) is 0 Å². The first kappa shape index (κ1) is 12.0. The van der Waals surface area contributed by atoms with Crippen LogP contribution >= 0.6 is 0 Å². The van der Waals surface area contributed by atoms with E-state index < -0.39 is 0 Å².